The minimum atomic E-state index is -4.19. The molecule has 3 aromatic carbocycles. The Labute approximate surface area is 235 Å². The summed E-state index contributed by atoms with van der Waals surface area (Å²) in [5.41, 5.74) is 2.96. The van der Waals surface area contributed by atoms with Crippen molar-refractivity contribution in [2.45, 2.75) is 44.7 Å². The van der Waals surface area contributed by atoms with Crippen molar-refractivity contribution in [3.05, 3.63) is 88.4 Å². The molecule has 0 saturated carbocycles. The molecule has 2 amide bonds. The molecule has 1 atom stereocenters. The number of hydrogen-bond acceptors (Lipinski definition) is 5. The lowest BCUT2D eigenvalue weighted by Gasteiger charge is -2.33. The minimum absolute atomic E-state index is 0.0243. The predicted molar refractivity (Wildman–Crippen MR) is 154 cm³/mol. The fourth-order valence-corrected chi connectivity index (χ4v) is 5.81. The first-order valence-electron chi connectivity index (χ1n) is 12.5. The summed E-state index contributed by atoms with van der Waals surface area (Å²) in [6, 6.07) is 17.7. The second-order valence-electron chi connectivity index (χ2n) is 9.19. The summed E-state index contributed by atoms with van der Waals surface area (Å²) < 4.78 is 34.0. The number of likely N-dealkylation sites (N-methyl/N-ethyl adjacent to an activating group) is 1. The number of hydrogen-bond donors (Lipinski definition) is 1. The first-order valence-corrected chi connectivity index (χ1v) is 14.3. The first kappa shape index (κ1) is 30.0. The van der Waals surface area contributed by atoms with Gasteiger partial charge in [0.15, 0.2) is 0 Å². The van der Waals surface area contributed by atoms with Crippen LogP contribution in [0.5, 0.6) is 5.75 Å². The molecular formula is C29H34ClN3O5S. The van der Waals surface area contributed by atoms with Crippen molar-refractivity contribution in [3.8, 4) is 5.75 Å². The van der Waals surface area contributed by atoms with Gasteiger partial charge in [0.2, 0.25) is 11.8 Å². The molecular weight excluding hydrogens is 538 g/mol. The molecule has 1 N–H and O–H groups in total. The molecule has 0 radical (unpaired) electrons. The monoisotopic (exact) mass is 571 g/mol. The maximum absolute atomic E-state index is 13.9. The van der Waals surface area contributed by atoms with Crippen LogP contribution in [0.4, 0.5) is 5.69 Å². The lowest BCUT2D eigenvalue weighted by Crippen LogP contribution is -2.51. The van der Waals surface area contributed by atoms with Gasteiger partial charge in [-0.2, -0.15) is 0 Å². The van der Waals surface area contributed by atoms with Gasteiger partial charge in [-0.1, -0.05) is 66.0 Å². The van der Waals surface area contributed by atoms with E-state index in [9.17, 15) is 18.0 Å². The van der Waals surface area contributed by atoms with Crippen LogP contribution >= 0.6 is 11.6 Å². The van der Waals surface area contributed by atoms with E-state index in [2.05, 4.69) is 5.32 Å². The standard InChI is InChI=1S/C29H34ClN3O5S/c1-6-26(29(35)31-4)32(18-22-11-7-20(2)8-12-22)28(34)19-33(23-13-16-27(38-5)25(30)17-23)39(36,37)24-14-9-21(3)10-15-24/h7-17,26H,6,18-19H2,1-5H3,(H,31,35). The van der Waals surface area contributed by atoms with E-state index in [0.717, 1.165) is 21.0 Å². The minimum Gasteiger partial charge on any atom is -0.495 e. The quantitative estimate of drug-likeness (QED) is 0.359. The summed E-state index contributed by atoms with van der Waals surface area (Å²) in [5.74, 6) is -0.502. The fourth-order valence-electron chi connectivity index (χ4n) is 4.15. The van der Waals surface area contributed by atoms with Crippen LogP contribution in [0.2, 0.25) is 5.02 Å². The molecule has 0 bridgehead atoms. The number of aryl methyl sites for hydroxylation is 2. The summed E-state index contributed by atoms with van der Waals surface area (Å²) in [6.07, 6.45) is 0.344. The Morgan fingerprint density at radius 2 is 1.56 bits per heavy atom. The van der Waals surface area contributed by atoms with Gasteiger partial charge >= 0.3 is 0 Å². The Morgan fingerprint density at radius 3 is 2.08 bits per heavy atom. The van der Waals surface area contributed by atoms with Crippen molar-refractivity contribution in [2.24, 2.45) is 0 Å². The molecule has 0 aliphatic heterocycles. The Morgan fingerprint density at radius 1 is 0.974 bits per heavy atom. The van der Waals surface area contributed by atoms with E-state index < -0.39 is 28.5 Å². The largest absolute Gasteiger partial charge is 0.495 e. The average Bonchev–Trinajstić information content (AvgIpc) is 2.92. The fraction of sp³-hybridized carbons (Fsp3) is 0.310. The summed E-state index contributed by atoms with van der Waals surface area (Å²) in [7, 11) is -1.22. The van der Waals surface area contributed by atoms with Gasteiger partial charge in [0.25, 0.3) is 10.0 Å². The van der Waals surface area contributed by atoms with Crippen molar-refractivity contribution in [3.63, 3.8) is 0 Å². The third-order valence-corrected chi connectivity index (χ3v) is 8.50. The lowest BCUT2D eigenvalue weighted by molar-refractivity contribution is -0.140. The zero-order chi connectivity index (χ0) is 28.7. The molecule has 0 aromatic heterocycles. The number of sulfonamides is 1. The third-order valence-electron chi connectivity index (χ3n) is 6.42. The van der Waals surface area contributed by atoms with E-state index >= 15 is 0 Å². The highest BCUT2D eigenvalue weighted by Gasteiger charge is 2.33. The number of carbonyl (C=O) groups excluding carboxylic acids is 2. The lowest BCUT2D eigenvalue weighted by atomic mass is 10.1. The highest BCUT2D eigenvalue weighted by Crippen LogP contribution is 2.32. The Hall–Kier alpha value is -3.56. The van der Waals surface area contributed by atoms with Crippen LogP contribution in [0.1, 0.15) is 30.0 Å². The molecule has 208 valence electrons. The molecule has 3 aromatic rings. The average molecular weight is 572 g/mol. The normalized spacial score (nSPS) is 11.9. The van der Waals surface area contributed by atoms with Crippen LogP contribution in [0.25, 0.3) is 0 Å². The number of benzene rings is 3. The Bertz CT molecular complexity index is 1410. The predicted octanol–water partition coefficient (Wildman–Crippen LogP) is 4.71. The van der Waals surface area contributed by atoms with Crippen molar-refractivity contribution >= 4 is 39.1 Å². The molecule has 1 unspecified atom stereocenters. The molecule has 0 fully saturated rings. The molecule has 0 spiro atoms. The number of amides is 2. The number of ether oxygens (including phenoxy) is 1. The number of nitrogens with zero attached hydrogens (tertiary/aromatic N) is 2. The Kier molecular flexibility index (Phi) is 9.99. The van der Waals surface area contributed by atoms with Gasteiger partial charge in [0, 0.05) is 13.6 Å². The smallest absolute Gasteiger partial charge is 0.264 e. The van der Waals surface area contributed by atoms with Crippen molar-refractivity contribution in [1.29, 1.82) is 0 Å². The number of halogens is 1. The Balaban J connectivity index is 2.09. The second-order valence-corrected chi connectivity index (χ2v) is 11.5. The van der Waals surface area contributed by atoms with E-state index in [4.69, 9.17) is 16.3 Å². The van der Waals surface area contributed by atoms with Crippen LogP contribution in [0.15, 0.2) is 71.6 Å². The third kappa shape index (κ3) is 7.10. The summed E-state index contributed by atoms with van der Waals surface area (Å²) >= 11 is 6.35. The number of nitrogens with one attached hydrogen (secondary N) is 1. The van der Waals surface area contributed by atoms with Gasteiger partial charge in [0.1, 0.15) is 18.3 Å². The van der Waals surface area contributed by atoms with Gasteiger partial charge in [-0.05, 0) is 56.2 Å². The van der Waals surface area contributed by atoms with Crippen molar-refractivity contribution in [1.82, 2.24) is 10.2 Å². The molecule has 8 nitrogen and oxygen atoms in total. The SMILES string of the molecule is CCC(C(=O)NC)N(Cc1ccc(C)cc1)C(=O)CN(c1ccc(OC)c(Cl)c1)S(=O)(=O)c1ccc(C)cc1. The van der Waals surface area contributed by atoms with Gasteiger partial charge in [0.05, 0.1) is 22.7 Å². The number of carbonyl (C=O) groups is 2. The van der Waals surface area contributed by atoms with Gasteiger partial charge in [-0.15, -0.1) is 0 Å². The molecule has 0 heterocycles. The van der Waals surface area contributed by atoms with Crippen LogP contribution in [-0.2, 0) is 26.2 Å². The zero-order valence-electron chi connectivity index (χ0n) is 22.8. The summed E-state index contributed by atoms with van der Waals surface area (Å²) in [4.78, 5) is 28.2. The number of anilines is 1. The van der Waals surface area contributed by atoms with E-state index in [1.54, 1.807) is 25.1 Å². The van der Waals surface area contributed by atoms with Crippen molar-refractivity contribution < 1.29 is 22.7 Å². The highest BCUT2D eigenvalue weighted by molar-refractivity contribution is 7.92. The highest BCUT2D eigenvalue weighted by atomic mass is 35.5. The summed E-state index contributed by atoms with van der Waals surface area (Å²) in [5, 5.41) is 2.81. The van der Waals surface area contributed by atoms with Crippen LogP contribution in [0.3, 0.4) is 0 Å². The van der Waals surface area contributed by atoms with Crippen molar-refractivity contribution in [2.75, 3.05) is 25.0 Å². The zero-order valence-corrected chi connectivity index (χ0v) is 24.3. The molecule has 3 rings (SSSR count). The van der Waals surface area contributed by atoms with Crippen LogP contribution in [0, 0.1) is 13.8 Å². The maximum atomic E-state index is 13.9. The first-order chi connectivity index (χ1) is 18.5. The molecule has 0 saturated heterocycles. The summed E-state index contributed by atoms with van der Waals surface area (Å²) in [6.45, 7) is 5.21. The number of methoxy groups -OCH3 is 1. The van der Waals surface area contributed by atoms with Crippen LogP contribution < -0.4 is 14.4 Å². The molecule has 0 aliphatic carbocycles. The molecule has 10 heteroatoms. The van der Waals surface area contributed by atoms with Gasteiger partial charge in [-0.3, -0.25) is 13.9 Å². The van der Waals surface area contributed by atoms with Gasteiger partial charge < -0.3 is 15.0 Å². The van der Waals surface area contributed by atoms with E-state index in [1.165, 1.54) is 43.3 Å². The molecule has 39 heavy (non-hydrogen) atoms. The van der Waals surface area contributed by atoms with E-state index in [1.807, 2.05) is 38.1 Å². The van der Waals surface area contributed by atoms with E-state index in [0.29, 0.717) is 12.2 Å². The maximum Gasteiger partial charge on any atom is 0.264 e. The van der Waals surface area contributed by atoms with Crippen LogP contribution in [-0.4, -0.2) is 51.9 Å². The molecule has 0 aliphatic rings. The number of rotatable bonds is 11. The van der Waals surface area contributed by atoms with Gasteiger partial charge in [-0.25, -0.2) is 8.42 Å². The van der Waals surface area contributed by atoms with E-state index in [-0.39, 0.29) is 28.1 Å². The second kappa shape index (κ2) is 13.0. The topological polar surface area (TPSA) is 96.0 Å².